The van der Waals surface area contributed by atoms with Gasteiger partial charge in [-0.1, -0.05) is 6.58 Å². The molecule has 0 unspecified atom stereocenters. The van der Waals surface area contributed by atoms with Gasteiger partial charge in [-0.05, 0) is 38.3 Å². The van der Waals surface area contributed by atoms with Gasteiger partial charge in [-0.25, -0.2) is 0 Å². The van der Waals surface area contributed by atoms with Crippen LogP contribution in [0.15, 0.2) is 24.2 Å². The zero-order valence-electron chi connectivity index (χ0n) is 8.87. The number of thiophene rings is 1. The summed E-state index contributed by atoms with van der Waals surface area (Å²) in [5, 5.41) is 2.12. The average molecular weight is 205 g/mol. The maximum Gasteiger partial charge on any atom is 0.0426 e. The minimum Gasteiger partial charge on any atom is -0.343 e. The van der Waals surface area contributed by atoms with Gasteiger partial charge in [0, 0.05) is 27.9 Å². The maximum atomic E-state index is 4.16. The standard InChI is InChI=1S/C12H15NS/c1-9-10-6-8-14-11(10)5-7-13(9)12(2,3)4/h5-8H,1H2,2-4H3. The van der Waals surface area contributed by atoms with Crippen LogP contribution in [0.1, 0.15) is 31.2 Å². The van der Waals surface area contributed by atoms with E-state index in [9.17, 15) is 0 Å². The second kappa shape index (κ2) is 2.99. The van der Waals surface area contributed by atoms with Crippen molar-refractivity contribution in [3.05, 3.63) is 34.7 Å². The first-order valence-electron chi connectivity index (χ1n) is 4.74. The lowest BCUT2D eigenvalue weighted by Gasteiger charge is -2.37. The fourth-order valence-electron chi connectivity index (χ4n) is 1.68. The van der Waals surface area contributed by atoms with Crippen LogP contribution in [0.3, 0.4) is 0 Å². The van der Waals surface area contributed by atoms with Crippen LogP contribution in [-0.4, -0.2) is 10.4 Å². The van der Waals surface area contributed by atoms with Gasteiger partial charge in [-0.3, -0.25) is 0 Å². The summed E-state index contributed by atoms with van der Waals surface area (Å²) in [4.78, 5) is 3.54. The van der Waals surface area contributed by atoms with E-state index in [-0.39, 0.29) is 5.54 Å². The number of rotatable bonds is 0. The fourth-order valence-corrected chi connectivity index (χ4v) is 2.48. The summed E-state index contributed by atoms with van der Waals surface area (Å²) >= 11 is 1.77. The number of fused-ring (bicyclic) bond motifs is 1. The Kier molecular flexibility index (Phi) is 2.04. The molecule has 0 aliphatic carbocycles. The molecule has 0 fully saturated rings. The van der Waals surface area contributed by atoms with Crippen LogP contribution < -0.4 is 0 Å². The fraction of sp³-hybridized carbons (Fsp3) is 0.333. The van der Waals surface area contributed by atoms with E-state index in [4.69, 9.17) is 0 Å². The zero-order valence-corrected chi connectivity index (χ0v) is 9.69. The van der Waals surface area contributed by atoms with E-state index in [0.717, 1.165) is 5.70 Å². The summed E-state index contributed by atoms with van der Waals surface area (Å²) < 4.78 is 0. The second-order valence-electron chi connectivity index (χ2n) is 4.50. The lowest BCUT2D eigenvalue weighted by molar-refractivity contribution is 0.297. The van der Waals surface area contributed by atoms with E-state index in [1.807, 2.05) is 0 Å². The van der Waals surface area contributed by atoms with Gasteiger partial charge in [0.25, 0.3) is 0 Å². The van der Waals surface area contributed by atoms with Crippen molar-refractivity contribution in [3.63, 3.8) is 0 Å². The summed E-state index contributed by atoms with van der Waals surface area (Å²) in [6.07, 6.45) is 4.29. The second-order valence-corrected chi connectivity index (χ2v) is 5.45. The summed E-state index contributed by atoms with van der Waals surface area (Å²) in [6.45, 7) is 10.7. The molecule has 14 heavy (non-hydrogen) atoms. The quantitative estimate of drug-likeness (QED) is 0.622. The third kappa shape index (κ3) is 1.40. The van der Waals surface area contributed by atoms with Gasteiger partial charge in [0.05, 0.1) is 0 Å². The Morgan fingerprint density at radius 2 is 2.07 bits per heavy atom. The van der Waals surface area contributed by atoms with E-state index in [1.54, 1.807) is 11.3 Å². The molecule has 1 aromatic rings. The maximum absolute atomic E-state index is 4.16. The van der Waals surface area contributed by atoms with Crippen molar-refractivity contribution in [2.75, 3.05) is 0 Å². The SMILES string of the molecule is C=C1c2ccsc2C=CN1C(C)(C)C. The van der Waals surface area contributed by atoms with Crippen molar-refractivity contribution >= 4 is 23.1 Å². The Hall–Kier alpha value is -1.02. The smallest absolute Gasteiger partial charge is 0.0426 e. The van der Waals surface area contributed by atoms with E-state index in [1.165, 1.54) is 10.4 Å². The van der Waals surface area contributed by atoms with Gasteiger partial charge in [-0.2, -0.15) is 0 Å². The number of hydrogen-bond acceptors (Lipinski definition) is 2. The van der Waals surface area contributed by atoms with Crippen molar-refractivity contribution < 1.29 is 0 Å². The molecule has 0 spiro atoms. The molecule has 2 rings (SSSR count). The molecule has 0 aromatic carbocycles. The van der Waals surface area contributed by atoms with Crippen molar-refractivity contribution in [1.29, 1.82) is 0 Å². The molecule has 1 aliphatic rings. The van der Waals surface area contributed by atoms with E-state index in [0.29, 0.717) is 0 Å². The van der Waals surface area contributed by atoms with Crippen molar-refractivity contribution in [2.24, 2.45) is 0 Å². The van der Waals surface area contributed by atoms with Gasteiger partial charge in [0.15, 0.2) is 0 Å². The minimum absolute atomic E-state index is 0.104. The highest BCUT2D eigenvalue weighted by atomic mass is 32.1. The summed E-state index contributed by atoms with van der Waals surface area (Å²) in [5.41, 5.74) is 2.48. The highest BCUT2D eigenvalue weighted by Crippen LogP contribution is 2.35. The molecule has 1 aliphatic heterocycles. The number of hydrogen-bond donors (Lipinski definition) is 0. The lowest BCUT2D eigenvalue weighted by atomic mass is 10.0. The molecule has 2 heteroatoms. The van der Waals surface area contributed by atoms with Gasteiger partial charge in [-0.15, -0.1) is 11.3 Å². The van der Waals surface area contributed by atoms with Gasteiger partial charge in [0.1, 0.15) is 0 Å². The summed E-state index contributed by atoms with van der Waals surface area (Å²) in [6, 6.07) is 2.14. The molecule has 0 saturated carbocycles. The Labute approximate surface area is 89.4 Å². The molecule has 0 N–H and O–H groups in total. The predicted octanol–water partition coefficient (Wildman–Crippen LogP) is 3.80. The Bertz CT molecular complexity index is 393. The lowest BCUT2D eigenvalue weighted by Crippen LogP contribution is -2.36. The van der Waals surface area contributed by atoms with Crippen LogP contribution in [0.2, 0.25) is 0 Å². The predicted molar refractivity (Wildman–Crippen MR) is 64.0 cm³/mol. The Balaban J connectivity index is 2.43. The summed E-state index contributed by atoms with van der Waals surface area (Å²) in [7, 11) is 0. The topological polar surface area (TPSA) is 3.24 Å². The molecule has 1 nitrogen and oxygen atoms in total. The highest BCUT2D eigenvalue weighted by molar-refractivity contribution is 7.11. The Morgan fingerprint density at radius 1 is 1.36 bits per heavy atom. The Morgan fingerprint density at radius 3 is 2.71 bits per heavy atom. The van der Waals surface area contributed by atoms with Crippen LogP contribution >= 0.6 is 11.3 Å². The van der Waals surface area contributed by atoms with Crippen LogP contribution in [0.4, 0.5) is 0 Å². The third-order valence-corrected chi connectivity index (χ3v) is 3.28. The number of nitrogens with zero attached hydrogens (tertiary/aromatic N) is 1. The first-order chi connectivity index (χ1) is 6.50. The molecule has 0 bridgehead atoms. The van der Waals surface area contributed by atoms with Gasteiger partial charge < -0.3 is 4.90 Å². The molecule has 2 heterocycles. The first-order valence-corrected chi connectivity index (χ1v) is 5.62. The van der Waals surface area contributed by atoms with Crippen LogP contribution in [0.25, 0.3) is 11.8 Å². The molecule has 74 valence electrons. The molecule has 1 aromatic heterocycles. The van der Waals surface area contributed by atoms with Crippen molar-refractivity contribution in [1.82, 2.24) is 4.90 Å². The molecule has 0 amide bonds. The zero-order chi connectivity index (χ0) is 10.3. The normalized spacial score (nSPS) is 15.9. The van der Waals surface area contributed by atoms with Crippen LogP contribution in [0.5, 0.6) is 0 Å². The van der Waals surface area contributed by atoms with E-state index >= 15 is 0 Å². The molecule has 0 atom stereocenters. The van der Waals surface area contributed by atoms with Crippen molar-refractivity contribution in [2.45, 2.75) is 26.3 Å². The summed E-state index contributed by atoms with van der Waals surface area (Å²) in [5.74, 6) is 0. The molecule has 0 radical (unpaired) electrons. The van der Waals surface area contributed by atoms with E-state index < -0.39 is 0 Å². The molecular formula is C12H15NS. The van der Waals surface area contributed by atoms with Crippen LogP contribution in [0, 0.1) is 0 Å². The largest absolute Gasteiger partial charge is 0.343 e. The first kappa shape index (κ1) is 9.53. The average Bonchev–Trinajstić information content (AvgIpc) is 2.50. The van der Waals surface area contributed by atoms with Gasteiger partial charge in [0.2, 0.25) is 0 Å². The van der Waals surface area contributed by atoms with Crippen LogP contribution in [-0.2, 0) is 0 Å². The van der Waals surface area contributed by atoms with Crippen molar-refractivity contribution in [3.8, 4) is 0 Å². The third-order valence-electron chi connectivity index (χ3n) is 2.39. The van der Waals surface area contributed by atoms with E-state index in [2.05, 4.69) is 56.0 Å². The van der Waals surface area contributed by atoms with Gasteiger partial charge >= 0.3 is 0 Å². The highest BCUT2D eigenvalue weighted by Gasteiger charge is 2.25. The molecule has 0 saturated heterocycles. The minimum atomic E-state index is 0.104. The molecular weight excluding hydrogens is 190 g/mol. The monoisotopic (exact) mass is 205 g/mol.